The van der Waals surface area contributed by atoms with Crippen LogP contribution in [-0.2, 0) is 0 Å². The van der Waals surface area contributed by atoms with Gasteiger partial charge in [-0.25, -0.2) is 0 Å². The molecule has 0 bridgehead atoms. The Morgan fingerprint density at radius 2 is 1.29 bits per heavy atom. The smallest absolute Gasteiger partial charge is 0.0558 e. The van der Waals surface area contributed by atoms with Crippen molar-refractivity contribution in [3.05, 3.63) is 7.43 Å². The normalized spacial score (nSPS) is 10.3. The van der Waals surface area contributed by atoms with Crippen LogP contribution in [0.25, 0.3) is 0 Å². The van der Waals surface area contributed by atoms with E-state index in [4.69, 9.17) is 0 Å². The van der Waals surface area contributed by atoms with Crippen molar-refractivity contribution >= 4 is 7.26 Å². The predicted octanol–water partition coefficient (Wildman–Crippen LogP) is 2.36. The predicted molar refractivity (Wildman–Crippen MR) is 41.6 cm³/mol. The van der Waals surface area contributed by atoms with Gasteiger partial charge in [0, 0.05) is 27.3 Å². The van der Waals surface area contributed by atoms with Crippen molar-refractivity contribution in [3.63, 3.8) is 0 Å². The summed E-state index contributed by atoms with van der Waals surface area (Å²) < 4.78 is 0. The Morgan fingerprint density at radius 1 is 1.14 bits per heavy atom. The van der Waals surface area contributed by atoms with E-state index in [1.54, 1.807) is 0 Å². The monoisotopic (exact) mass is 120 g/mol. The average molecular weight is 120 g/mol. The summed E-state index contributed by atoms with van der Waals surface area (Å²) >= 11 is 0. The molecule has 0 rings (SSSR count). The molecule has 0 amide bonds. The van der Waals surface area contributed by atoms with Crippen LogP contribution in [0.1, 0.15) is 6.92 Å². The highest BCUT2D eigenvalue weighted by molar-refractivity contribution is 7.73. The Balaban J connectivity index is 0. The second-order valence-corrected chi connectivity index (χ2v) is 7.82. The van der Waals surface area contributed by atoms with Gasteiger partial charge < -0.3 is 7.43 Å². The minimum Gasteiger partial charge on any atom is -0.358 e. The lowest BCUT2D eigenvalue weighted by Crippen LogP contribution is -1.84. The molecule has 46 valence electrons. The SMILES string of the molecule is CC[P+](C)(C)C.[CH3-]. The van der Waals surface area contributed by atoms with Gasteiger partial charge in [-0.05, 0) is 6.92 Å². The fraction of sp³-hybridized carbons (Fsp3) is 0.833. The molecule has 0 spiro atoms. The molecule has 0 atom stereocenters. The van der Waals surface area contributed by atoms with E-state index in [0.29, 0.717) is 0 Å². The van der Waals surface area contributed by atoms with Gasteiger partial charge in [0.1, 0.15) is 0 Å². The standard InChI is InChI=1S/C5H14P.CH3/c1-5-6(2,3)4;/h5H2,1-4H3;1H3/q+1;-1. The van der Waals surface area contributed by atoms with Crippen molar-refractivity contribution in [3.8, 4) is 0 Å². The summed E-state index contributed by atoms with van der Waals surface area (Å²) in [6.07, 6.45) is 1.38. The van der Waals surface area contributed by atoms with Gasteiger partial charge in [-0.2, -0.15) is 0 Å². The van der Waals surface area contributed by atoms with Gasteiger partial charge in [-0.15, -0.1) is 0 Å². The minimum atomic E-state index is -0.397. The van der Waals surface area contributed by atoms with E-state index in [0.717, 1.165) is 0 Å². The molecule has 0 fully saturated rings. The zero-order valence-electron chi connectivity index (χ0n) is 6.15. The van der Waals surface area contributed by atoms with Crippen molar-refractivity contribution in [1.82, 2.24) is 0 Å². The molecule has 0 aromatic carbocycles. The van der Waals surface area contributed by atoms with E-state index in [2.05, 4.69) is 26.9 Å². The zero-order valence-corrected chi connectivity index (χ0v) is 7.05. The molecule has 0 N–H and O–H groups in total. The quantitative estimate of drug-likeness (QED) is 0.368. The largest absolute Gasteiger partial charge is 0.358 e. The third kappa shape index (κ3) is 10.7. The number of hydrogen-bond donors (Lipinski definition) is 0. The van der Waals surface area contributed by atoms with E-state index in [1.807, 2.05) is 0 Å². The number of hydrogen-bond acceptors (Lipinski definition) is 0. The molecule has 0 radical (unpaired) electrons. The maximum atomic E-state index is 2.35. The molecular weight excluding hydrogens is 103 g/mol. The molecule has 0 aliphatic heterocycles. The molecule has 0 aromatic rings. The Hall–Kier alpha value is 0.430. The molecule has 0 heterocycles. The van der Waals surface area contributed by atoms with Crippen LogP contribution in [0.2, 0.25) is 0 Å². The molecule has 0 aliphatic rings. The molecular formula is C6H17P. The van der Waals surface area contributed by atoms with Crippen LogP contribution in [0, 0.1) is 7.43 Å². The van der Waals surface area contributed by atoms with Gasteiger partial charge in [-0.1, -0.05) is 0 Å². The maximum absolute atomic E-state index is 2.35. The highest BCUT2D eigenvalue weighted by atomic mass is 31.2. The van der Waals surface area contributed by atoms with Crippen LogP contribution in [0.4, 0.5) is 0 Å². The van der Waals surface area contributed by atoms with Crippen molar-refractivity contribution in [2.45, 2.75) is 6.92 Å². The van der Waals surface area contributed by atoms with E-state index in [9.17, 15) is 0 Å². The first-order chi connectivity index (χ1) is 2.56. The van der Waals surface area contributed by atoms with Gasteiger partial charge in [0.2, 0.25) is 0 Å². The molecule has 1 heteroatoms. The van der Waals surface area contributed by atoms with Crippen LogP contribution in [0.5, 0.6) is 0 Å². The first-order valence-corrected chi connectivity index (χ1v) is 5.68. The van der Waals surface area contributed by atoms with Gasteiger partial charge >= 0.3 is 0 Å². The summed E-state index contributed by atoms with van der Waals surface area (Å²) in [6.45, 7) is 9.32. The van der Waals surface area contributed by atoms with Gasteiger partial charge in [0.05, 0.1) is 6.16 Å². The highest BCUT2D eigenvalue weighted by Gasteiger charge is 2.10. The number of rotatable bonds is 1. The van der Waals surface area contributed by atoms with Gasteiger partial charge in [0.25, 0.3) is 0 Å². The summed E-state index contributed by atoms with van der Waals surface area (Å²) in [5, 5.41) is 0. The Bertz CT molecular complexity index is 33.9. The van der Waals surface area contributed by atoms with Crippen molar-refractivity contribution < 1.29 is 0 Å². The first kappa shape index (κ1) is 10.4. The average Bonchev–Trinajstić information content (AvgIpc) is 1.35. The van der Waals surface area contributed by atoms with Crippen LogP contribution in [0.15, 0.2) is 0 Å². The zero-order chi connectivity index (χ0) is 5.21. The van der Waals surface area contributed by atoms with Gasteiger partial charge in [0.15, 0.2) is 0 Å². The summed E-state index contributed by atoms with van der Waals surface area (Å²) in [5.74, 6) is 0. The molecule has 0 saturated heterocycles. The minimum absolute atomic E-state index is 0. The van der Waals surface area contributed by atoms with E-state index in [-0.39, 0.29) is 7.43 Å². The van der Waals surface area contributed by atoms with Crippen LogP contribution >= 0.6 is 7.26 Å². The van der Waals surface area contributed by atoms with E-state index >= 15 is 0 Å². The Kier molecular flexibility index (Phi) is 5.11. The Labute approximate surface area is 48.7 Å². The first-order valence-electron chi connectivity index (χ1n) is 2.36. The van der Waals surface area contributed by atoms with Crippen LogP contribution < -0.4 is 0 Å². The lowest BCUT2D eigenvalue weighted by atomic mass is 11.0. The molecule has 0 unspecified atom stereocenters. The molecule has 0 nitrogen and oxygen atoms in total. The summed E-state index contributed by atoms with van der Waals surface area (Å²) in [5.41, 5.74) is 0. The maximum Gasteiger partial charge on any atom is 0.0558 e. The topological polar surface area (TPSA) is 0 Å². The van der Waals surface area contributed by atoms with E-state index in [1.165, 1.54) is 6.16 Å². The molecule has 0 saturated carbocycles. The summed E-state index contributed by atoms with van der Waals surface area (Å²) in [6, 6.07) is 0. The van der Waals surface area contributed by atoms with Crippen molar-refractivity contribution in [2.24, 2.45) is 0 Å². The molecule has 0 aliphatic carbocycles. The molecule has 7 heavy (non-hydrogen) atoms. The summed E-state index contributed by atoms with van der Waals surface area (Å²) in [4.78, 5) is 0. The highest BCUT2D eigenvalue weighted by Crippen LogP contribution is 2.45. The van der Waals surface area contributed by atoms with Crippen molar-refractivity contribution in [2.75, 3.05) is 26.2 Å². The Morgan fingerprint density at radius 3 is 1.29 bits per heavy atom. The van der Waals surface area contributed by atoms with Gasteiger partial charge in [-0.3, -0.25) is 0 Å². The van der Waals surface area contributed by atoms with Crippen LogP contribution in [-0.4, -0.2) is 26.2 Å². The second-order valence-electron chi connectivity index (χ2n) is 2.61. The lowest BCUT2D eigenvalue weighted by Gasteiger charge is -2.05. The third-order valence-corrected chi connectivity index (χ3v) is 2.85. The third-order valence-electron chi connectivity index (χ3n) is 0.949. The van der Waals surface area contributed by atoms with E-state index < -0.39 is 7.26 Å². The summed E-state index contributed by atoms with van der Waals surface area (Å²) in [7, 11) is -0.397. The molecule has 0 aromatic heterocycles. The second kappa shape index (κ2) is 3.43. The lowest BCUT2D eigenvalue weighted by molar-refractivity contribution is 1.47. The fourth-order valence-corrected chi connectivity index (χ4v) is 0. The van der Waals surface area contributed by atoms with Crippen LogP contribution in [0.3, 0.4) is 0 Å². The fourth-order valence-electron chi connectivity index (χ4n) is 0. The van der Waals surface area contributed by atoms with Crippen molar-refractivity contribution in [1.29, 1.82) is 0 Å².